The second-order valence-corrected chi connectivity index (χ2v) is 5.16. The molecule has 0 aliphatic carbocycles. The van der Waals surface area contributed by atoms with Gasteiger partial charge in [-0.25, -0.2) is 4.79 Å². The number of furan rings is 1. The average Bonchev–Trinajstić information content (AvgIpc) is 2.88. The Balaban J connectivity index is 2.30. The van der Waals surface area contributed by atoms with Gasteiger partial charge >= 0.3 is 5.69 Å². The van der Waals surface area contributed by atoms with E-state index in [2.05, 4.69) is 9.97 Å². The minimum Gasteiger partial charge on any atom is -0.449 e. The summed E-state index contributed by atoms with van der Waals surface area (Å²) in [6.45, 7) is 0. The molecule has 108 valence electrons. The number of nitrogens with zero attached hydrogens (tertiary/aromatic N) is 2. The fraction of sp³-hybridized carbons (Fsp3) is 0. The second kappa shape index (κ2) is 4.57. The van der Waals surface area contributed by atoms with Gasteiger partial charge in [0.1, 0.15) is 11.1 Å². The second-order valence-electron chi connectivity index (χ2n) is 4.73. The summed E-state index contributed by atoms with van der Waals surface area (Å²) in [7, 11) is 0. The molecule has 1 aromatic carbocycles. The van der Waals surface area contributed by atoms with Gasteiger partial charge in [0.15, 0.2) is 0 Å². The van der Waals surface area contributed by atoms with Gasteiger partial charge in [0.2, 0.25) is 5.58 Å². The summed E-state index contributed by atoms with van der Waals surface area (Å²) in [5, 5.41) is 1.08. The third-order valence-corrected chi connectivity index (χ3v) is 3.62. The summed E-state index contributed by atoms with van der Waals surface area (Å²) in [5.74, 6) is 0. The lowest BCUT2D eigenvalue weighted by atomic mass is 10.2. The van der Waals surface area contributed by atoms with Crippen molar-refractivity contribution in [2.24, 2.45) is 0 Å². The topological polar surface area (TPSA) is 80.9 Å². The van der Waals surface area contributed by atoms with Crippen molar-refractivity contribution in [1.29, 1.82) is 0 Å². The van der Waals surface area contributed by atoms with E-state index in [1.165, 1.54) is 10.8 Å². The maximum Gasteiger partial charge on any atom is 0.333 e. The minimum absolute atomic E-state index is 0.0701. The lowest BCUT2D eigenvalue weighted by molar-refractivity contribution is 0.658. The fourth-order valence-electron chi connectivity index (χ4n) is 2.48. The zero-order valence-corrected chi connectivity index (χ0v) is 11.8. The predicted octanol–water partition coefficient (Wildman–Crippen LogP) is 2.47. The van der Waals surface area contributed by atoms with Crippen LogP contribution in [0.1, 0.15) is 0 Å². The van der Waals surface area contributed by atoms with Crippen LogP contribution >= 0.6 is 11.6 Å². The van der Waals surface area contributed by atoms with Crippen LogP contribution in [-0.4, -0.2) is 14.5 Å². The van der Waals surface area contributed by atoms with Crippen LogP contribution in [0.5, 0.6) is 0 Å². The molecule has 0 fully saturated rings. The lowest BCUT2D eigenvalue weighted by Crippen LogP contribution is -2.28. The number of aromatic amines is 1. The lowest BCUT2D eigenvalue weighted by Gasteiger charge is -2.05. The number of hydrogen-bond acceptors (Lipinski definition) is 4. The van der Waals surface area contributed by atoms with E-state index in [1.54, 1.807) is 36.5 Å². The summed E-state index contributed by atoms with van der Waals surface area (Å²) in [6, 6.07) is 8.40. The van der Waals surface area contributed by atoms with Crippen molar-refractivity contribution in [2.45, 2.75) is 0 Å². The summed E-state index contributed by atoms with van der Waals surface area (Å²) < 4.78 is 6.93. The van der Waals surface area contributed by atoms with Crippen LogP contribution in [-0.2, 0) is 0 Å². The maximum absolute atomic E-state index is 12.3. The van der Waals surface area contributed by atoms with E-state index in [-0.39, 0.29) is 5.58 Å². The SMILES string of the molecule is O=c1[nH]c(=O)n(-c2cccnc2)c2c1oc1ccc(Cl)cc12. The van der Waals surface area contributed by atoms with Gasteiger partial charge in [-0.1, -0.05) is 11.6 Å². The monoisotopic (exact) mass is 313 g/mol. The first-order chi connectivity index (χ1) is 10.6. The third-order valence-electron chi connectivity index (χ3n) is 3.38. The predicted molar refractivity (Wildman–Crippen MR) is 82.7 cm³/mol. The molecule has 3 heterocycles. The Bertz CT molecular complexity index is 1130. The minimum atomic E-state index is -0.576. The molecule has 6 nitrogen and oxygen atoms in total. The van der Waals surface area contributed by atoms with Crippen LogP contribution in [0.15, 0.2) is 56.7 Å². The zero-order chi connectivity index (χ0) is 15.3. The van der Waals surface area contributed by atoms with Gasteiger partial charge < -0.3 is 4.42 Å². The molecule has 0 atom stereocenters. The van der Waals surface area contributed by atoms with Crippen LogP contribution in [0.4, 0.5) is 0 Å². The largest absolute Gasteiger partial charge is 0.449 e. The van der Waals surface area contributed by atoms with Crippen LogP contribution in [0, 0.1) is 0 Å². The van der Waals surface area contributed by atoms with E-state index < -0.39 is 11.2 Å². The van der Waals surface area contributed by atoms with Crippen LogP contribution in [0.2, 0.25) is 5.02 Å². The van der Waals surface area contributed by atoms with E-state index in [4.69, 9.17) is 16.0 Å². The van der Waals surface area contributed by atoms with Gasteiger partial charge in [0.05, 0.1) is 11.9 Å². The highest BCUT2D eigenvalue weighted by molar-refractivity contribution is 6.31. The average molecular weight is 314 g/mol. The highest BCUT2D eigenvalue weighted by Crippen LogP contribution is 2.29. The molecule has 4 aromatic rings. The van der Waals surface area contributed by atoms with Gasteiger partial charge in [-0.2, -0.15) is 0 Å². The first-order valence-corrected chi connectivity index (χ1v) is 6.80. The van der Waals surface area contributed by atoms with Crippen molar-refractivity contribution < 1.29 is 4.42 Å². The number of rotatable bonds is 1. The van der Waals surface area contributed by atoms with E-state index in [9.17, 15) is 9.59 Å². The van der Waals surface area contributed by atoms with Gasteiger partial charge in [-0.05, 0) is 30.3 Å². The third kappa shape index (κ3) is 1.78. The van der Waals surface area contributed by atoms with Crippen molar-refractivity contribution in [2.75, 3.05) is 0 Å². The molecule has 0 saturated carbocycles. The molecule has 22 heavy (non-hydrogen) atoms. The number of halogens is 1. The molecule has 3 aromatic heterocycles. The van der Waals surface area contributed by atoms with Crippen LogP contribution in [0.3, 0.4) is 0 Å². The van der Waals surface area contributed by atoms with Gasteiger partial charge in [0, 0.05) is 16.6 Å². The molecule has 7 heteroatoms. The number of pyridine rings is 1. The zero-order valence-electron chi connectivity index (χ0n) is 11.0. The van der Waals surface area contributed by atoms with Crippen molar-refractivity contribution in [3.05, 3.63) is 68.6 Å². The Kier molecular flexibility index (Phi) is 2.67. The summed E-state index contributed by atoms with van der Waals surface area (Å²) in [5.41, 5.74) is 0.310. The Hall–Kier alpha value is -2.86. The number of H-pyrrole nitrogens is 1. The molecule has 0 unspecified atom stereocenters. The van der Waals surface area contributed by atoms with Crippen molar-refractivity contribution >= 4 is 33.7 Å². The number of nitrogens with one attached hydrogen (secondary N) is 1. The smallest absolute Gasteiger partial charge is 0.333 e. The molecule has 0 saturated heterocycles. The Morgan fingerprint density at radius 2 is 2.09 bits per heavy atom. The van der Waals surface area contributed by atoms with Crippen molar-refractivity contribution in [1.82, 2.24) is 14.5 Å². The van der Waals surface area contributed by atoms with E-state index in [0.29, 0.717) is 27.2 Å². The molecule has 0 aliphatic heterocycles. The molecule has 0 bridgehead atoms. The normalized spacial score (nSPS) is 11.3. The van der Waals surface area contributed by atoms with Crippen molar-refractivity contribution in [3.63, 3.8) is 0 Å². The molecular weight excluding hydrogens is 306 g/mol. The van der Waals surface area contributed by atoms with Crippen molar-refractivity contribution in [3.8, 4) is 5.69 Å². The molecule has 0 radical (unpaired) electrons. The van der Waals surface area contributed by atoms with Crippen LogP contribution < -0.4 is 11.2 Å². The highest BCUT2D eigenvalue weighted by Gasteiger charge is 2.17. The van der Waals surface area contributed by atoms with Crippen LogP contribution in [0.25, 0.3) is 27.8 Å². The standard InChI is InChI=1S/C15H8ClN3O3/c16-8-3-4-11-10(6-8)12-13(22-11)14(20)18-15(21)19(12)9-2-1-5-17-7-9/h1-7H,(H,18,20,21). The molecule has 0 spiro atoms. The van der Waals surface area contributed by atoms with E-state index in [0.717, 1.165) is 0 Å². The number of aromatic nitrogens is 3. The quantitative estimate of drug-likeness (QED) is 0.585. The summed E-state index contributed by atoms with van der Waals surface area (Å²) in [4.78, 5) is 30.6. The number of hydrogen-bond donors (Lipinski definition) is 1. The number of benzene rings is 1. The first-order valence-electron chi connectivity index (χ1n) is 6.42. The van der Waals surface area contributed by atoms with Gasteiger partial charge in [0.25, 0.3) is 5.56 Å². The Morgan fingerprint density at radius 1 is 1.23 bits per heavy atom. The maximum atomic E-state index is 12.3. The molecule has 0 aliphatic rings. The Labute approximate surface area is 127 Å². The van der Waals surface area contributed by atoms with E-state index >= 15 is 0 Å². The first kappa shape index (κ1) is 12.8. The van der Waals surface area contributed by atoms with Gasteiger partial charge in [-0.15, -0.1) is 0 Å². The van der Waals surface area contributed by atoms with E-state index in [1.807, 2.05) is 0 Å². The van der Waals surface area contributed by atoms with Gasteiger partial charge in [-0.3, -0.25) is 19.3 Å². The Morgan fingerprint density at radius 3 is 2.86 bits per heavy atom. The molecule has 1 N–H and O–H groups in total. The number of fused-ring (bicyclic) bond motifs is 3. The molecule has 4 rings (SSSR count). The highest BCUT2D eigenvalue weighted by atomic mass is 35.5. The molecule has 0 amide bonds. The molecular formula is C15H8ClN3O3. The fourth-order valence-corrected chi connectivity index (χ4v) is 2.65. The summed E-state index contributed by atoms with van der Waals surface area (Å²) in [6.07, 6.45) is 3.13. The summed E-state index contributed by atoms with van der Waals surface area (Å²) >= 11 is 6.03.